The molecule has 1 aliphatic carbocycles. The number of benzene rings is 1. The highest BCUT2D eigenvalue weighted by Gasteiger charge is 2.47. The number of rotatable bonds is 3. The molecule has 1 saturated carbocycles. The zero-order valence-corrected chi connectivity index (χ0v) is 13.1. The lowest BCUT2D eigenvalue weighted by molar-refractivity contribution is -0.117. The zero-order chi connectivity index (χ0) is 15.1. The van der Waals surface area contributed by atoms with Crippen molar-refractivity contribution in [2.75, 3.05) is 5.32 Å². The van der Waals surface area contributed by atoms with E-state index in [1.807, 2.05) is 46.8 Å². The van der Waals surface area contributed by atoms with Crippen LogP contribution in [-0.2, 0) is 10.5 Å². The van der Waals surface area contributed by atoms with Crippen molar-refractivity contribution in [3.05, 3.63) is 28.8 Å². The first-order valence-electron chi connectivity index (χ1n) is 7.21. The lowest BCUT2D eigenvalue weighted by Crippen LogP contribution is -2.21. The monoisotopic (exact) mass is 277 g/mol. The molecule has 110 valence electrons. The van der Waals surface area contributed by atoms with Crippen LogP contribution in [0.4, 0.5) is 10.1 Å². The average molecular weight is 277 g/mol. The first-order valence-corrected chi connectivity index (χ1v) is 7.21. The van der Waals surface area contributed by atoms with Crippen LogP contribution in [0, 0.1) is 19.3 Å². The van der Waals surface area contributed by atoms with E-state index in [1.165, 1.54) is 0 Å². The number of aryl methyl sites for hydroxylation is 2. The summed E-state index contributed by atoms with van der Waals surface area (Å²) < 4.78 is 14.5. The van der Waals surface area contributed by atoms with Crippen LogP contribution >= 0.6 is 0 Å². The van der Waals surface area contributed by atoms with Crippen molar-refractivity contribution in [1.29, 1.82) is 0 Å². The summed E-state index contributed by atoms with van der Waals surface area (Å²) >= 11 is 0. The molecule has 0 heterocycles. The van der Waals surface area contributed by atoms with Crippen LogP contribution in [0.2, 0.25) is 0 Å². The molecule has 1 fully saturated rings. The Morgan fingerprint density at radius 3 is 2.40 bits per heavy atom. The highest BCUT2D eigenvalue weighted by molar-refractivity contribution is 5.93. The van der Waals surface area contributed by atoms with Crippen molar-refractivity contribution in [3.63, 3.8) is 0 Å². The third-order valence-electron chi connectivity index (χ3n) is 3.61. The Balaban J connectivity index is 2.29. The molecular formula is C17H24FNO. The van der Waals surface area contributed by atoms with E-state index in [0.29, 0.717) is 30.5 Å². The fraction of sp³-hybridized carbons (Fsp3) is 0.588. The smallest absolute Gasteiger partial charge is 0.224 e. The maximum Gasteiger partial charge on any atom is 0.224 e. The van der Waals surface area contributed by atoms with Gasteiger partial charge in [0.25, 0.3) is 0 Å². The normalized spacial score (nSPS) is 16.9. The third-order valence-corrected chi connectivity index (χ3v) is 3.61. The first kappa shape index (κ1) is 15.0. The molecule has 0 aromatic heterocycles. The summed E-state index contributed by atoms with van der Waals surface area (Å²) in [5.74, 6) is -0.0463. The number of hydrogen-bond donors (Lipinski definition) is 1. The number of carbonyl (C=O) groups excluding carboxylic acids is 1. The van der Waals surface area contributed by atoms with Crippen LogP contribution < -0.4 is 5.32 Å². The number of halogens is 1. The third kappa shape index (κ3) is 3.38. The van der Waals surface area contributed by atoms with Crippen LogP contribution in [0.1, 0.15) is 56.7 Å². The zero-order valence-electron chi connectivity index (χ0n) is 13.1. The van der Waals surface area contributed by atoms with Gasteiger partial charge in [0.05, 0.1) is 5.69 Å². The number of hydrogen-bond acceptors (Lipinski definition) is 1. The molecule has 2 nitrogen and oxygen atoms in total. The van der Waals surface area contributed by atoms with Crippen LogP contribution in [0.25, 0.3) is 0 Å². The van der Waals surface area contributed by atoms with Crippen LogP contribution in [0.3, 0.4) is 0 Å². The largest absolute Gasteiger partial charge is 0.325 e. The maximum atomic E-state index is 14.5. The van der Waals surface area contributed by atoms with Gasteiger partial charge < -0.3 is 5.32 Å². The minimum absolute atomic E-state index is 0.0463. The molecular weight excluding hydrogens is 253 g/mol. The minimum atomic E-state index is -1.23. The van der Waals surface area contributed by atoms with E-state index in [2.05, 4.69) is 5.32 Å². The number of anilines is 1. The van der Waals surface area contributed by atoms with Gasteiger partial charge in [0.15, 0.2) is 0 Å². The predicted molar refractivity (Wildman–Crippen MR) is 80.6 cm³/mol. The number of alkyl halides is 1. The molecule has 1 aliphatic rings. The van der Waals surface area contributed by atoms with E-state index in [0.717, 1.165) is 11.1 Å². The predicted octanol–water partition coefficient (Wildman–Crippen LogP) is 4.64. The molecule has 20 heavy (non-hydrogen) atoms. The SMILES string of the molecule is Cc1cc(C)c(NC(=O)CC(C)(C)C)c(C2(F)CC2)c1. The molecule has 0 bridgehead atoms. The van der Waals surface area contributed by atoms with Gasteiger partial charge in [-0.15, -0.1) is 0 Å². The average Bonchev–Trinajstić information content (AvgIpc) is 2.98. The second-order valence-corrected chi connectivity index (χ2v) is 7.26. The van der Waals surface area contributed by atoms with Gasteiger partial charge in [0.2, 0.25) is 5.91 Å². The topological polar surface area (TPSA) is 29.1 Å². The Labute approximate surface area is 120 Å². The minimum Gasteiger partial charge on any atom is -0.325 e. The van der Waals surface area contributed by atoms with Crippen molar-refractivity contribution < 1.29 is 9.18 Å². The fourth-order valence-corrected chi connectivity index (χ4v) is 2.53. The molecule has 1 N–H and O–H groups in total. The standard InChI is InChI=1S/C17H24FNO/c1-11-8-12(2)15(13(9-11)17(18)6-7-17)19-14(20)10-16(3,4)5/h8-9H,6-7,10H2,1-5H3,(H,19,20). The molecule has 2 rings (SSSR count). The summed E-state index contributed by atoms with van der Waals surface area (Å²) in [5.41, 5.74) is 1.99. The molecule has 0 aliphatic heterocycles. The Morgan fingerprint density at radius 1 is 1.30 bits per heavy atom. The van der Waals surface area contributed by atoms with Crippen molar-refractivity contribution in [1.82, 2.24) is 0 Å². The van der Waals surface area contributed by atoms with Gasteiger partial charge in [-0.25, -0.2) is 4.39 Å². The molecule has 0 unspecified atom stereocenters. The van der Waals surface area contributed by atoms with E-state index in [4.69, 9.17) is 0 Å². The summed E-state index contributed by atoms with van der Waals surface area (Å²) in [5, 5.41) is 2.93. The summed E-state index contributed by atoms with van der Waals surface area (Å²) in [7, 11) is 0. The summed E-state index contributed by atoms with van der Waals surface area (Å²) in [4.78, 5) is 12.1. The lowest BCUT2D eigenvalue weighted by atomic mass is 9.91. The quantitative estimate of drug-likeness (QED) is 0.857. The number of carbonyl (C=O) groups is 1. The molecule has 1 amide bonds. The highest BCUT2D eigenvalue weighted by Crippen LogP contribution is 2.52. The highest BCUT2D eigenvalue weighted by atomic mass is 19.1. The Morgan fingerprint density at radius 2 is 1.90 bits per heavy atom. The summed E-state index contributed by atoms with van der Waals surface area (Å²) in [6.07, 6.45) is 1.54. The van der Waals surface area contributed by atoms with Crippen LogP contribution in [0.5, 0.6) is 0 Å². The maximum absolute atomic E-state index is 14.5. The molecule has 3 heteroatoms. The lowest BCUT2D eigenvalue weighted by Gasteiger charge is -2.21. The van der Waals surface area contributed by atoms with Crippen molar-refractivity contribution in [2.45, 2.75) is 59.5 Å². The van der Waals surface area contributed by atoms with Crippen LogP contribution in [-0.4, -0.2) is 5.91 Å². The van der Waals surface area contributed by atoms with E-state index in [1.54, 1.807) is 0 Å². The van der Waals surface area contributed by atoms with Crippen molar-refractivity contribution >= 4 is 11.6 Å². The Hall–Kier alpha value is -1.38. The van der Waals surface area contributed by atoms with E-state index in [-0.39, 0.29) is 11.3 Å². The van der Waals surface area contributed by atoms with Crippen molar-refractivity contribution in [2.24, 2.45) is 5.41 Å². The van der Waals surface area contributed by atoms with Gasteiger partial charge in [-0.05, 0) is 37.7 Å². The molecule has 0 spiro atoms. The second-order valence-electron chi connectivity index (χ2n) is 7.26. The first-order chi connectivity index (χ1) is 9.11. The van der Waals surface area contributed by atoms with Gasteiger partial charge >= 0.3 is 0 Å². The van der Waals surface area contributed by atoms with Crippen molar-refractivity contribution in [3.8, 4) is 0 Å². The van der Waals surface area contributed by atoms with Gasteiger partial charge in [0, 0.05) is 12.0 Å². The van der Waals surface area contributed by atoms with E-state index >= 15 is 0 Å². The fourth-order valence-electron chi connectivity index (χ4n) is 2.53. The van der Waals surface area contributed by atoms with Gasteiger partial charge in [-0.2, -0.15) is 0 Å². The Kier molecular flexibility index (Phi) is 3.66. The van der Waals surface area contributed by atoms with Gasteiger partial charge in [0.1, 0.15) is 5.67 Å². The summed E-state index contributed by atoms with van der Waals surface area (Å²) in [6.45, 7) is 9.95. The number of nitrogens with one attached hydrogen (secondary N) is 1. The van der Waals surface area contributed by atoms with E-state index < -0.39 is 5.67 Å². The molecule has 1 aromatic rings. The molecule has 0 radical (unpaired) electrons. The molecule has 1 aromatic carbocycles. The van der Waals surface area contributed by atoms with Gasteiger partial charge in [-0.3, -0.25) is 4.79 Å². The van der Waals surface area contributed by atoms with Crippen LogP contribution in [0.15, 0.2) is 12.1 Å². The second kappa shape index (κ2) is 4.87. The molecule has 0 saturated heterocycles. The Bertz CT molecular complexity index is 539. The summed E-state index contributed by atoms with van der Waals surface area (Å²) in [6, 6.07) is 3.86. The molecule has 0 atom stereocenters. The van der Waals surface area contributed by atoms with Gasteiger partial charge in [-0.1, -0.05) is 38.5 Å². The van der Waals surface area contributed by atoms with E-state index in [9.17, 15) is 9.18 Å². The number of amides is 1.